The van der Waals surface area contributed by atoms with E-state index >= 15 is 0 Å². The molecule has 106 valence electrons. The van der Waals surface area contributed by atoms with E-state index in [2.05, 4.69) is 20.8 Å². The van der Waals surface area contributed by atoms with Crippen molar-refractivity contribution in [3.63, 3.8) is 0 Å². The summed E-state index contributed by atoms with van der Waals surface area (Å²) in [5.41, 5.74) is 2.22. The minimum Gasteiger partial charge on any atom is -0.481 e. The van der Waals surface area contributed by atoms with Crippen LogP contribution in [0.3, 0.4) is 0 Å². The van der Waals surface area contributed by atoms with Crippen LogP contribution in [0.2, 0.25) is 0 Å². The quantitative estimate of drug-likeness (QED) is 0.887. The van der Waals surface area contributed by atoms with Gasteiger partial charge in [-0.25, -0.2) is 0 Å². The first-order valence-electron chi connectivity index (χ1n) is 6.70. The van der Waals surface area contributed by atoms with Gasteiger partial charge in [0.1, 0.15) is 0 Å². The Kier molecular flexibility index (Phi) is 5.12. The summed E-state index contributed by atoms with van der Waals surface area (Å²) in [7, 11) is 3.92. The summed E-state index contributed by atoms with van der Waals surface area (Å²) in [6.07, 6.45) is 0.636. The van der Waals surface area contributed by atoms with E-state index in [0.29, 0.717) is 6.42 Å². The summed E-state index contributed by atoms with van der Waals surface area (Å²) in [6, 6.07) is 7.99. The fraction of sp³-hybridized carbons (Fsp3) is 0.562. The van der Waals surface area contributed by atoms with Gasteiger partial charge < -0.3 is 10.0 Å². The van der Waals surface area contributed by atoms with E-state index in [1.165, 1.54) is 5.56 Å². The van der Waals surface area contributed by atoms with Crippen molar-refractivity contribution in [3.8, 4) is 0 Å². The van der Waals surface area contributed by atoms with Crippen LogP contribution in [0.4, 0.5) is 0 Å². The lowest BCUT2D eigenvalue weighted by atomic mass is 9.85. The molecule has 19 heavy (non-hydrogen) atoms. The van der Waals surface area contributed by atoms with Crippen LogP contribution in [0.25, 0.3) is 0 Å². The molecule has 0 saturated carbocycles. The summed E-state index contributed by atoms with van der Waals surface area (Å²) in [4.78, 5) is 13.4. The number of aliphatic carboxylic acids is 1. The van der Waals surface area contributed by atoms with Gasteiger partial charge in [-0.1, -0.05) is 45.0 Å². The molecule has 1 rings (SSSR count). The molecular weight excluding hydrogens is 238 g/mol. The third-order valence-electron chi connectivity index (χ3n) is 3.34. The van der Waals surface area contributed by atoms with Gasteiger partial charge in [-0.2, -0.15) is 0 Å². The molecule has 0 heterocycles. The Labute approximate surface area is 116 Å². The fourth-order valence-corrected chi connectivity index (χ4v) is 2.04. The Morgan fingerprint density at radius 2 is 1.74 bits per heavy atom. The second kappa shape index (κ2) is 6.20. The summed E-state index contributed by atoms with van der Waals surface area (Å²) >= 11 is 0. The normalized spacial score (nSPS) is 13.6. The molecule has 1 unspecified atom stereocenters. The number of nitrogens with zero attached hydrogens (tertiary/aromatic N) is 1. The average molecular weight is 263 g/mol. The predicted octanol–water partition coefficient (Wildman–Crippen LogP) is 3.10. The number of rotatable bonds is 5. The van der Waals surface area contributed by atoms with Gasteiger partial charge >= 0.3 is 5.97 Å². The Bertz CT molecular complexity index is 415. The van der Waals surface area contributed by atoms with Crippen molar-refractivity contribution in [2.75, 3.05) is 20.6 Å². The summed E-state index contributed by atoms with van der Waals surface area (Å²) in [5.74, 6) is -1.17. The molecule has 3 heteroatoms. The highest BCUT2D eigenvalue weighted by atomic mass is 16.4. The third-order valence-corrected chi connectivity index (χ3v) is 3.34. The molecule has 0 radical (unpaired) electrons. The van der Waals surface area contributed by atoms with Gasteiger partial charge in [-0.15, -0.1) is 0 Å². The van der Waals surface area contributed by atoms with Gasteiger partial charge in [-0.3, -0.25) is 4.79 Å². The van der Waals surface area contributed by atoms with E-state index in [0.717, 1.165) is 12.1 Å². The SMILES string of the molecule is CN(C)CCC(C(=O)O)c1ccc(C(C)(C)C)cc1. The number of hydrogen-bond donors (Lipinski definition) is 1. The second-order valence-electron chi connectivity index (χ2n) is 6.35. The van der Waals surface area contributed by atoms with Crippen molar-refractivity contribution in [1.29, 1.82) is 0 Å². The second-order valence-corrected chi connectivity index (χ2v) is 6.35. The largest absolute Gasteiger partial charge is 0.481 e. The Morgan fingerprint density at radius 3 is 2.11 bits per heavy atom. The van der Waals surface area contributed by atoms with Crippen LogP contribution < -0.4 is 0 Å². The first-order valence-corrected chi connectivity index (χ1v) is 6.70. The maximum absolute atomic E-state index is 11.4. The molecule has 1 atom stereocenters. The zero-order valence-electron chi connectivity index (χ0n) is 12.6. The van der Waals surface area contributed by atoms with Crippen molar-refractivity contribution < 1.29 is 9.90 Å². The zero-order chi connectivity index (χ0) is 14.6. The number of carbonyl (C=O) groups is 1. The van der Waals surface area contributed by atoms with Gasteiger partial charge in [0, 0.05) is 0 Å². The van der Waals surface area contributed by atoms with E-state index in [-0.39, 0.29) is 5.41 Å². The highest BCUT2D eigenvalue weighted by Crippen LogP contribution is 2.26. The van der Waals surface area contributed by atoms with Crippen molar-refractivity contribution in [3.05, 3.63) is 35.4 Å². The highest BCUT2D eigenvalue weighted by Gasteiger charge is 2.21. The lowest BCUT2D eigenvalue weighted by Crippen LogP contribution is -2.20. The van der Waals surface area contributed by atoms with Crippen molar-refractivity contribution >= 4 is 5.97 Å². The molecular formula is C16H25NO2. The summed E-state index contributed by atoms with van der Waals surface area (Å²) in [5, 5.41) is 9.35. The monoisotopic (exact) mass is 263 g/mol. The van der Waals surface area contributed by atoms with Crippen LogP contribution in [0.5, 0.6) is 0 Å². The van der Waals surface area contributed by atoms with Crippen LogP contribution in [0, 0.1) is 0 Å². The smallest absolute Gasteiger partial charge is 0.311 e. The first-order chi connectivity index (χ1) is 8.71. The molecule has 0 bridgehead atoms. The molecule has 0 aliphatic carbocycles. The Balaban J connectivity index is 2.89. The maximum atomic E-state index is 11.4. The summed E-state index contributed by atoms with van der Waals surface area (Å²) in [6.45, 7) is 7.24. The zero-order valence-corrected chi connectivity index (χ0v) is 12.6. The lowest BCUT2D eigenvalue weighted by molar-refractivity contribution is -0.139. The highest BCUT2D eigenvalue weighted by molar-refractivity contribution is 5.76. The molecule has 3 nitrogen and oxygen atoms in total. The van der Waals surface area contributed by atoms with E-state index < -0.39 is 11.9 Å². The topological polar surface area (TPSA) is 40.5 Å². The molecule has 1 N–H and O–H groups in total. The van der Waals surface area contributed by atoms with Crippen molar-refractivity contribution in [2.45, 2.75) is 38.5 Å². The minimum atomic E-state index is -0.745. The van der Waals surface area contributed by atoms with Crippen LogP contribution in [-0.2, 0) is 10.2 Å². The Hall–Kier alpha value is -1.35. The number of carboxylic acids is 1. The van der Waals surface area contributed by atoms with E-state index in [1.807, 2.05) is 43.3 Å². The molecule has 1 aromatic rings. The fourth-order valence-electron chi connectivity index (χ4n) is 2.04. The van der Waals surface area contributed by atoms with Gasteiger partial charge in [0.25, 0.3) is 0 Å². The van der Waals surface area contributed by atoms with Crippen molar-refractivity contribution in [1.82, 2.24) is 4.90 Å². The van der Waals surface area contributed by atoms with E-state index in [9.17, 15) is 9.90 Å². The summed E-state index contributed by atoms with van der Waals surface area (Å²) < 4.78 is 0. The number of hydrogen-bond acceptors (Lipinski definition) is 2. The van der Waals surface area contributed by atoms with Gasteiger partial charge in [0.2, 0.25) is 0 Å². The lowest BCUT2D eigenvalue weighted by Gasteiger charge is -2.21. The first kappa shape index (κ1) is 15.7. The minimum absolute atomic E-state index is 0.0981. The maximum Gasteiger partial charge on any atom is 0.311 e. The molecule has 0 aromatic heterocycles. The van der Waals surface area contributed by atoms with Crippen LogP contribution in [0.1, 0.15) is 44.2 Å². The third kappa shape index (κ3) is 4.67. The Morgan fingerprint density at radius 1 is 1.21 bits per heavy atom. The molecule has 0 saturated heterocycles. The van der Waals surface area contributed by atoms with E-state index in [4.69, 9.17) is 0 Å². The molecule has 0 aliphatic heterocycles. The van der Waals surface area contributed by atoms with Crippen LogP contribution >= 0.6 is 0 Å². The van der Waals surface area contributed by atoms with Gasteiger partial charge in [0.05, 0.1) is 5.92 Å². The van der Waals surface area contributed by atoms with E-state index in [1.54, 1.807) is 0 Å². The van der Waals surface area contributed by atoms with Crippen LogP contribution in [-0.4, -0.2) is 36.6 Å². The average Bonchev–Trinajstić information content (AvgIpc) is 2.27. The number of carboxylic acid groups (broad SMARTS) is 1. The number of benzene rings is 1. The molecule has 0 spiro atoms. The van der Waals surface area contributed by atoms with Crippen LogP contribution in [0.15, 0.2) is 24.3 Å². The van der Waals surface area contributed by atoms with Gasteiger partial charge in [0.15, 0.2) is 0 Å². The molecule has 1 aromatic carbocycles. The molecule has 0 amide bonds. The molecule has 0 fully saturated rings. The predicted molar refractivity (Wildman–Crippen MR) is 78.7 cm³/mol. The standard InChI is InChI=1S/C16H25NO2/c1-16(2,3)13-8-6-12(7-9-13)14(15(18)19)10-11-17(4)5/h6-9,14H,10-11H2,1-5H3,(H,18,19). The molecule has 0 aliphatic rings. The van der Waals surface area contributed by atoms with Gasteiger partial charge in [-0.05, 0) is 43.6 Å². The van der Waals surface area contributed by atoms with Crippen molar-refractivity contribution in [2.24, 2.45) is 0 Å².